The topological polar surface area (TPSA) is 63.4 Å². The highest BCUT2D eigenvalue weighted by molar-refractivity contribution is 5.92. The lowest BCUT2D eigenvalue weighted by atomic mass is 9.78. The summed E-state index contributed by atoms with van der Waals surface area (Å²) < 4.78 is 0. The third kappa shape index (κ3) is 3.60. The van der Waals surface area contributed by atoms with Crippen molar-refractivity contribution in [1.82, 2.24) is 4.90 Å². The molecule has 0 aromatic heterocycles. The van der Waals surface area contributed by atoms with Gasteiger partial charge in [-0.1, -0.05) is 25.0 Å². The fourth-order valence-electron chi connectivity index (χ4n) is 3.90. The molecule has 2 atom stereocenters. The summed E-state index contributed by atoms with van der Waals surface area (Å²) in [6.07, 6.45) is 10.4. The number of benzene rings is 1. The van der Waals surface area contributed by atoms with E-state index >= 15 is 0 Å². The standard InChI is InChI=1S/C18H22N2O3/c21-18(11-10-14-5-3-8-16(13-14)20(22)23)19-12-4-7-15-6-1-2-9-17(15)19/h3,5,8,10-11,13,15,17H,1-2,4,6-7,9,12H2/b11-10+. The first-order chi connectivity index (χ1) is 11.1. The van der Waals surface area contributed by atoms with Crippen LogP contribution in [0, 0.1) is 16.0 Å². The summed E-state index contributed by atoms with van der Waals surface area (Å²) in [5.74, 6) is 0.695. The first kappa shape index (κ1) is 15.7. The fraction of sp³-hybridized carbons (Fsp3) is 0.500. The Hall–Kier alpha value is -2.17. The summed E-state index contributed by atoms with van der Waals surface area (Å²) in [6.45, 7) is 0.833. The van der Waals surface area contributed by atoms with E-state index in [2.05, 4.69) is 0 Å². The van der Waals surface area contributed by atoms with Gasteiger partial charge in [0.25, 0.3) is 5.69 Å². The van der Waals surface area contributed by atoms with Crippen LogP contribution in [0.3, 0.4) is 0 Å². The molecule has 1 aromatic rings. The van der Waals surface area contributed by atoms with E-state index in [0.717, 1.165) is 19.4 Å². The van der Waals surface area contributed by atoms with Gasteiger partial charge in [0.05, 0.1) is 4.92 Å². The quantitative estimate of drug-likeness (QED) is 0.484. The van der Waals surface area contributed by atoms with Crippen molar-refractivity contribution in [3.05, 3.63) is 46.0 Å². The molecule has 1 aromatic carbocycles. The minimum atomic E-state index is -0.420. The molecule has 1 aliphatic heterocycles. The molecule has 5 nitrogen and oxygen atoms in total. The van der Waals surface area contributed by atoms with Crippen LogP contribution in [0.25, 0.3) is 6.08 Å². The number of hydrogen-bond donors (Lipinski definition) is 0. The number of amides is 1. The molecule has 1 amide bonds. The van der Waals surface area contributed by atoms with E-state index in [9.17, 15) is 14.9 Å². The number of carbonyl (C=O) groups excluding carboxylic acids is 1. The number of fused-ring (bicyclic) bond motifs is 1. The number of likely N-dealkylation sites (tertiary alicyclic amines) is 1. The van der Waals surface area contributed by atoms with Crippen molar-refractivity contribution in [2.75, 3.05) is 6.54 Å². The summed E-state index contributed by atoms with van der Waals surface area (Å²) in [6, 6.07) is 6.75. The zero-order valence-electron chi connectivity index (χ0n) is 13.2. The van der Waals surface area contributed by atoms with Gasteiger partial charge < -0.3 is 4.90 Å². The zero-order chi connectivity index (χ0) is 16.2. The Bertz CT molecular complexity index is 624. The average molecular weight is 314 g/mol. The van der Waals surface area contributed by atoms with Crippen molar-refractivity contribution in [2.24, 2.45) is 5.92 Å². The van der Waals surface area contributed by atoms with Gasteiger partial charge in [-0.15, -0.1) is 0 Å². The summed E-state index contributed by atoms with van der Waals surface area (Å²) in [7, 11) is 0. The Labute approximate surface area is 136 Å². The Morgan fingerprint density at radius 1 is 1.22 bits per heavy atom. The lowest BCUT2D eigenvalue weighted by molar-refractivity contribution is -0.384. The number of rotatable bonds is 3. The highest BCUT2D eigenvalue weighted by Crippen LogP contribution is 2.35. The van der Waals surface area contributed by atoms with E-state index in [1.807, 2.05) is 4.90 Å². The lowest BCUT2D eigenvalue weighted by Gasteiger charge is -2.43. The van der Waals surface area contributed by atoms with E-state index in [1.165, 1.54) is 37.8 Å². The number of piperidine rings is 1. The van der Waals surface area contributed by atoms with Crippen molar-refractivity contribution in [1.29, 1.82) is 0 Å². The Morgan fingerprint density at radius 2 is 2.00 bits per heavy atom. The Morgan fingerprint density at radius 3 is 2.83 bits per heavy atom. The highest BCUT2D eigenvalue weighted by atomic mass is 16.6. The maximum Gasteiger partial charge on any atom is 0.270 e. The molecule has 0 spiro atoms. The number of non-ortho nitro benzene ring substituents is 1. The predicted octanol–water partition coefficient (Wildman–Crippen LogP) is 3.79. The summed E-state index contributed by atoms with van der Waals surface area (Å²) >= 11 is 0. The Kier molecular flexibility index (Phi) is 4.74. The summed E-state index contributed by atoms with van der Waals surface area (Å²) in [5.41, 5.74) is 0.731. The van der Waals surface area contributed by atoms with Crippen LogP contribution >= 0.6 is 0 Å². The molecule has 3 rings (SSSR count). The second kappa shape index (κ2) is 6.94. The second-order valence-electron chi connectivity index (χ2n) is 6.47. The van der Waals surface area contributed by atoms with Crippen molar-refractivity contribution >= 4 is 17.7 Å². The van der Waals surface area contributed by atoms with E-state index in [0.29, 0.717) is 17.5 Å². The minimum absolute atomic E-state index is 0.0353. The van der Waals surface area contributed by atoms with Gasteiger partial charge in [0.1, 0.15) is 0 Å². The van der Waals surface area contributed by atoms with Gasteiger partial charge in [0.2, 0.25) is 5.91 Å². The van der Waals surface area contributed by atoms with Crippen LogP contribution in [0.4, 0.5) is 5.69 Å². The van der Waals surface area contributed by atoms with E-state index < -0.39 is 4.92 Å². The molecule has 0 N–H and O–H groups in total. The van der Waals surface area contributed by atoms with Gasteiger partial charge >= 0.3 is 0 Å². The average Bonchev–Trinajstić information content (AvgIpc) is 2.59. The summed E-state index contributed by atoms with van der Waals surface area (Å²) in [4.78, 5) is 24.9. The van der Waals surface area contributed by atoms with Crippen LogP contribution < -0.4 is 0 Å². The van der Waals surface area contributed by atoms with Crippen LogP contribution in [-0.4, -0.2) is 28.3 Å². The van der Waals surface area contributed by atoms with Crippen LogP contribution in [0.5, 0.6) is 0 Å². The third-order valence-electron chi connectivity index (χ3n) is 5.03. The molecule has 5 heteroatoms. The molecule has 1 saturated carbocycles. The van der Waals surface area contributed by atoms with Crippen molar-refractivity contribution in [2.45, 2.75) is 44.6 Å². The largest absolute Gasteiger partial charge is 0.336 e. The molecule has 0 radical (unpaired) electrons. The van der Waals surface area contributed by atoms with Gasteiger partial charge in [0, 0.05) is 30.8 Å². The van der Waals surface area contributed by atoms with Gasteiger partial charge in [-0.2, -0.15) is 0 Å². The molecule has 1 heterocycles. The number of carbonyl (C=O) groups is 1. The zero-order valence-corrected chi connectivity index (χ0v) is 13.2. The van der Waals surface area contributed by atoms with E-state index in [1.54, 1.807) is 24.3 Å². The van der Waals surface area contributed by atoms with Crippen LogP contribution in [0.1, 0.15) is 44.1 Å². The molecule has 23 heavy (non-hydrogen) atoms. The molecule has 122 valence electrons. The first-order valence-electron chi connectivity index (χ1n) is 8.38. The SMILES string of the molecule is O=C(/C=C/c1cccc([N+](=O)[O-])c1)N1CCCC2CCCCC21. The second-order valence-corrected chi connectivity index (χ2v) is 6.47. The van der Waals surface area contributed by atoms with Crippen molar-refractivity contribution in [3.63, 3.8) is 0 Å². The van der Waals surface area contributed by atoms with Crippen molar-refractivity contribution in [3.8, 4) is 0 Å². The predicted molar refractivity (Wildman–Crippen MR) is 88.8 cm³/mol. The third-order valence-corrected chi connectivity index (χ3v) is 5.03. The molecule has 1 saturated heterocycles. The summed E-state index contributed by atoms with van der Waals surface area (Å²) in [5, 5.41) is 10.8. The molecular weight excluding hydrogens is 292 g/mol. The molecular formula is C18H22N2O3. The molecule has 2 fully saturated rings. The van der Waals surface area contributed by atoms with Gasteiger partial charge in [0.15, 0.2) is 0 Å². The molecule has 0 bridgehead atoms. The molecule has 2 unspecified atom stereocenters. The fourth-order valence-corrected chi connectivity index (χ4v) is 3.90. The number of hydrogen-bond acceptors (Lipinski definition) is 3. The number of nitrogens with zero attached hydrogens (tertiary/aromatic N) is 2. The van der Waals surface area contributed by atoms with E-state index in [4.69, 9.17) is 0 Å². The van der Waals surface area contributed by atoms with Gasteiger partial charge in [-0.05, 0) is 43.2 Å². The minimum Gasteiger partial charge on any atom is -0.336 e. The smallest absolute Gasteiger partial charge is 0.270 e. The number of nitro benzene ring substituents is 1. The van der Waals surface area contributed by atoms with Crippen LogP contribution in [0.2, 0.25) is 0 Å². The first-order valence-corrected chi connectivity index (χ1v) is 8.38. The van der Waals surface area contributed by atoms with Crippen LogP contribution in [-0.2, 0) is 4.79 Å². The molecule has 1 aliphatic carbocycles. The van der Waals surface area contributed by atoms with Gasteiger partial charge in [-0.3, -0.25) is 14.9 Å². The molecule has 2 aliphatic rings. The maximum absolute atomic E-state index is 12.6. The van der Waals surface area contributed by atoms with Crippen LogP contribution in [0.15, 0.2) is 30.3 Å². The number of nitro groups is 1. The Balaban J connectivity index is 1.70. The monoisotopic (exact) mass is 314 g/mol. The highest BCUT2D eigenvalue weighted by Gasteiger charge is 2.34. The maximum atomic E-state index is 12.6. The normalized spacial score (nSPS) is 24.4. The van der Waals surface area contributed by atoms with Crippen molar-refractivity contribution < 1.29 is 9.72 Å². The van der Waals surface area contributed by atoms with Gasteiger partial charge in [-0.25, -0.2) is 0 Å². The van der Waals surface area contributed by atoms with E-state index in [-0.39, 0.29) is 11.6 Å². The lowest BCUT2D eigenvalue weighted by Crippen LogP contribution is -2.49.